The summed E-state index contributed by atoms with van der Waals surface area (Å²) in [5, 5.41) is 8.94. The lowest BCUT2D eigenvalue weighted by molar-refractivity contribution is 0.0686. The number of aryl methyl sites for hydroxylation is 1. The Morgan fingerprint density at radius 2 is 2.00 bits per heavy atom. The highest BCUT2D eigenvalue weighted by atomic mass is 127. The molecule has 0 amide bonds. The quantitative estimate of drug-likeness (QED) is 0.762. The van der Waals surface area contributed by atoms with Gasteiger partial charge in [-0.2, -0.15) is 0 Å². The predicted molar refractivity (Wildman–Crippen MR) is 82.3 cm³/mol. The molecule has 1 aromatic carbocycles. The van der Waals surface area contributed by atoms with Crippen molar-refractivity contribution < 1.29 is 18.3 Å². The highest BCUT2D eigenvalue weighted by molar-refractivity contribution is 14.1. The first-order valence-corrected chi connectivity index (χ1v) is 8.04. The summed E-state index contributed by atoms with van der Waals surface area (Å²) in [6, 6.07) is 8.05. The van der Waals surface area contributed by atoms with Crippen molar-refractivity contribution in [3.63, 3.8) is 0 Å². The van der Waals surface area contributed by atoms with Crippen molar-refractivity contribution >= 4 is 44.3 Å². The van der Waals surface area contributed by atoms with Crippen molar-refractivity contribution in [3.8, 4) is 0 Å². The molecule has 2 N–H and O–H groups in total. The van der Waals surface area contributed by atoms with Crippen LogP contribution in [-0.4, -0.2) is 24.1 Å². The van der Waals surface area contributed by atoms with E-state index in [1.165, 1.54) is 17.8 Å². The number of aromatic carboxylic acids is 1. The lowest BCUT2D eigenvalue weighted by Gasteiger charge is -2.07. The van der Waals surface area contributed by atoms with Gasteiger partial charge in [-0.3, -0.25) is 4.72 Å². The Morgan fingerprint density at radius 3 is 2.55 bits per heavy atom. The minimum atomic E-state index is -3.81. The van der Waals surface area contributed by atoms with Gasteiger partial charge in [0.25, 0.3) is 10.0 Å². The van der Waals surface area contributed by atoms with Crippen molar-refractivity contribution in [2.75, 3.05) is 4.72 Å². The second kappa shape index (κ2) is 5.44. The van der Waals surface area contributed by atoms with Crippen LogP contribution in [-0.2, 0) is 17.1 Å². The Morgan fingerprint density at radius 1 is 1.35 bits per heavy atom. The summed E-state index contributed by atoms with van der Waals surface area (Å²) in [4.78, 5) is 10.9. The standard InChI is InChI=1S/C12H11IN2O4S/c1-15-7-8(6-11(15)12(16)17)20(18,19)14-10-5-3-2-4-9(10)13/h2-7,14H,1H3,(H,16,17). The van der Waals surface area contributed by atoms with Gasteiger partial charge in [0, 0.05) is 16.8 Å². The smallest absolute Gasteiger partial charge is 0.352 e. The number of sulfonamides is 1. The zero-order valence-corrected chi connectivity index (χ0v) is 13.3. The second-order valence-electron chi connectivity index (χ2n) is 4.06. The van der Waals surface area contributed by atoms with E-state index >= 15 is 0 Å². The van der Waals surface area contributed by atoms with Crippen LogP contribution in [0.15, 0.2) is 41.4 Å². The molecule has 0 aliphatic carbocycles. The summed E-state index contributed by atoms with van der Waals surface area (Å²) < 4.78 is 28.9. The summed E-state index contributed by atoms with van der Waals surface area (Å²) in [5.41, 5.74) is 0.363. The van der Waals surface area contributed by atoms with Crippen molar-refractivity contribution in [1.82, 2.24) is 4.57 Å². The zero-order valence-electron chi connectivity index (χ0n) is 10.4. The largest absolute Gasteiger partial charge is 0.477 e. The number of carboxylic acids is 1. The maximum Gasteiger partial charge on any atom is 0.352 e. The van der Waals surface area contributed by atoms with Crippen LogP contribution >= 0.6 is 22.6 Å². The molecule has 0 unspecified atom stereocenters. The summed E-state index contributed by atoms with van der Waals surface area (Å²) in [6.07, 6.45) is 1.27. The fraction of sp³-hybridized carbons (Fsp3) is 0.0833. The van der Waals surface area contributed by atoms with Gasteiger partial charge < -0.3 is 9.67 Å². The zero-order chi connectivity index (χ0) is 14.9. The Labute approximate surface area is 129 Å². The molecule has 0 atom stereocenters. The van der Waals surface area contributed by atoms with Crippen LogP contribution in [0, 0.1) is 3.57 Å². The molecule has 0 saturated carbocycles. The van der Waals surface area contributed by atoms with Crippen molar-refractivity contribution in [3.05, 3.63) is 45.8 Å². The molecule has 2 aromatic rings. The SMILES string of the molecule is Cn1cc(S(=O)(=O)Nc2ccccc2I)cc1C(=O)O. The molecule has 1 heterocycles. The molecule has 8 heteroatoms. The average Bonchev–Trinajstić information content (AvgIpc) is 2.75. The molecule has 2 rings (SSSR count). The van der Waals surface area contributed by atoms with Gasteiger partial charge in [0.1, 0.15) is 10.6 Å². The lowest BCUT2D eigenvalue weighted by Crippen LogP contribution is -2.13. The molecule has 20 heavy (non-hydrogen) atoms. The van der Waals surface area contributed by atoms with Gasteiger partial charge in [0.05, 0.1) is 5.69 Å². The minimum absolute atomic E-state index is 0.0861. The first-order chi connectivity index (χ1) is 9.31. The first-order valence-electron chi connectivity index (χ1n) is 5.48. The first kappa shape index (κ1) is 14.9. The number of para-hydroxylation sites is 1. The third-order valence-electron chi connectivity index (χ3n) is 2.63. The Balaban J connectivity index is 2.39. The molecule has 0 fully saturated rings. The fourth-order valence-corrected chi connectivity index (χ4v) is 3.50. The summed E-state index contributed by atoms with van der Waals surface area (Å²) in [6.45, 7) is 0. The Kier molecular flexibility index (Phi) is 4.04. The number of rotatable bonds is 4. The van der Waals surface area contributed by atoms with E-state index < -0.39 is 16.0 Å². The lowest BCUT2D eigenvalue weighted by atomic mass is 10.3. The second-order valence-corrected chi connectivity index (χ2v) is 6.91. The molecule has 0 aliphatic heterocycles. The van der Waals surface area contributed by atoms with Gasteiger partial charge in [-0.15, -0.1) is 0 Å². The van der Waals surface area contributed by atoms with E-state index in [2.05, 4.69) is 4.72 Å². The van der Waals surface area contributed by atoms with Gasteiger partial charge in [-0.05, 0) is 40.8 Å². The minimum Gasteiger partial charge on any atom is -0.477 e. The summed E-state index contributed by atoms with van der Waals surface area (Å²) in [5.74, 6) is -1.18. The number of carboxylic acid groups (broad SMARTS) is 1. The van der Waals surface area contributed by atoms with Crippen LogP contribution in [0.25, 0.3) is 0 Å². The normalized spacial score (nSPS) is 11.3. The molecular weight excluding hydrogens is 395 g/mol. The number of benzene rings is 1. The third kappa shape index (κ3) is 2.96. The van der Waals surface area contributed by atoms with Crippen LogP contribution in [0.2, 0.25) is 0 Å². The highest BCUT2D eigenvalue weighted by Crippen LogP contribution is 2.22. The summed E-state index contributed by atoms with van der Waals surface area (Å²) in [7, 11) is -2.33. The van der Waals surface area contributed by atoms with Crippen LogP contribution in [0.4, 0.5) is 5.69 Å². The van der Waals surface area contributed by atoms with Gasteiger partial charge in [0.15, 0.2) is 0 Å². The molecular formula is C12H11IN2O4S. The van der Waals surface area contributed by atoms with Crippen molar-refractivity contribution in [2.45, 2.75) is 4.90 Å². The van der Waals surface area contributed by atoms with Crippen molar-refractivity contribution in [1.29, 1.82) is 0 Å². The number of aromatic nitrogens is 1. The van der Waals surface area contributed by atoms with E-state index in [1.54, 1.807) is 24.3 Å². The molecule has 106 valence electrons. The molecule has 6 nitrogen and oxygen atoms in total. The van der Waals surface area contributed by atoms with E-state index in [1.807, 2.05) is 22.6 Å². The van der Waals surface area contributed by atoms with Gasteiger partial charge >= 0.3 is 5.97 Å². The molecule has 0 radical (unpaired) electrons. The van der Waals surface area contributed by atoms with Crippen LogP contribution in [0.1, 0.15) is 10.5 Å². The number of carbonyl (C=O) groups is 1. The number of hydrogen-bond donors (Lipinski definition) is 2. The Hall–Kier alpha value is -1.55. The predicted octanol–water partition coefficient (Wildman–Crippen LogP) is 2.13. The fourth-order valence-electron chi connectivity index (χ4n) is 1.64. The van der Waals surface area contributed by atoms with Gasteiger partial charge in [0.2, 0.25) is 0 Å². The third-order valence-corrected chi connectivity index (χ3v) is 4.90. The molecule has 0 aliphatic rings. The van der Waals surface area contributed by atoms with Crippen molar-refractivity contribution in [2.24, 2.45) is 7.05 Å². The molecule has 0 spiro atoms. The molecule has 1 aromatic heterocycles. The van der Waals surface area contributed by atoms with Crippen LogP contribution in [0.5, 0.6) is 0 Å². The van der Waals surface area contributed by atoms with Gasteiger partial charge in [-0.25, -0.2) is 13.2 Å². The average molecular weight is 406 g/mol. The monoisotopic (exact) mass is 406 g/mol. The highest BCUT2D eigenvalue weighted by Gasteiger charge is 2.20. The van der Waals surface area contributed by atoms with E-state index in [-0.39, 0.29) is 10.6 Å². The Bertz CT molecular complexity index is 768. The number of nitrogens with one attached hydrogen (secondary N) is 1. The summed E-state index contributed by atoms with van der Waals surface area (Å²) >= 11 is 2.02. The van der Waals surface area contributed by atoms with Crippen LogP contribution < -0.4 is 4.72 Å². The topological polar surface area (TPSA) is 88.4 Å². The number of halogens is 1. The number of hydrogen-bond acceptors (Lipinski definition) is 3. The number of nitrogens with zero attached hydrogens (tertiary/aromatic N) is 1. The van der Waals surface area contributed by atoms with E-state index in [4.69, 9.17) is 5.11 Å². The molecule has 0 bridgehead atoms. The maximum absolute atomic E-state index is 12.2. The van der Waals surface area contributed by atoms with Crippen LogP contribution in [0.3, 0.4) is 0 Å². The molecule has 0 saturated heterocycles. The maximum atomic E-state index is 12.2. The number of anilines is 1. The van der Waals surface area contributed by atoms with Gasteiger partial charge in [-0.1, -0.05) is 12.1 Å². The van der Waals surface area contributed by atoms with E-state index in [0.717, 1.165) is 9.64 Å². The van der Waals surface area contributed by atoms with E-state index in [9.17, 15) is 13.2 Å². The van der Waals surface area contributed by atoms with E-state index in [0.29, 0.717) is 5.69 Å².